The van der Waals surface area contributed by atoms with Crippen LogP contribution in [0, 0.1) is 5.82 Å². The molecule has 2 aliphatic heterocycles. The highest BCUT2D eigenvalue weighted by atomic mass is 19.1. The number of hydrogen-bond acceptors (Lipinski definition) is 3. The normalized spacial score (nSPS) is 25.4. The number of amides is 4. The fraction of sp³-hybridized carbons (Fsp3) is 0.182. The highest BCUT2D eigenvalue weighted by molar-refractivity contribution is 6.27. The molecule has 2 N–H and O–H groups in total. The Bertz CT molecular complexity index is 616. The van der Waals surface area contributed by atoms with Gasteiger partial charge in [-0.3, -0.25) is 14.9 Å². The third kappa shape index (κ3) is 1.03. The fourth-order valence-corrected chi connectivity index (χ4v) is 2.37. The maximum atomic E-state index is 13.3. The Kier molecular flexibility index (Phi) is 1.82. The number of hydrogen-bond donors (Lipinski definition) is 2. The average molecular weight is 249 g/mol. The van der Waals surface area contributed by atoms with Crippen LogP contribution in [-0.4, -0.2) is 24.9 Å². The number of carbonyl (C=O) groups excluding carboxylic acids is 3. The van der Waals surface area contributed by atoms with Gasteiger partial charge in [0.15, 0.2) is 0 Å². The number of anilines is 1. The molecule has 18 heavy (non-hydrogen) atoms. The van der Waals surface area contributed by atoms with Gasteiger partial charge in [0, 0.05) is 12.6 Å². The van der Waals surface area contributed by atoms with Crippen LogP contribution in [0.4, 0.5) is 14.9 Å². The number of urea groups is 1. The molecule has 2 heterocycles. The summed E-state index contributed by atoms with van der Waals surface area (Å²) in [5.41, 5.74) is -1.28. The number of carbonyl (C=O) groups is 3. The number of nitrogens with zero attached hydrogens (tertiary/aromatic N) is 1. The smallest absolute Gasteiger partial charge is 0.312 e. The molecule has 7 heteroatoms. The van der Waals surface area contributed by atoms with Crippen LogP contribution in [0.2, 0.25) is 0 Å². The van der Waals surface area contributed by atoms with Crippen molar-refractivity contribution < 1.29 is 18.8 Å². The first-order valence-electron chi connectivity index (χ1n) is 5.18. The molecule has 0 radical (unpaired) electrons. The minimum Gasteiger partial charge on any atom is -0.312 e. The largest absolute Gasteiger partial charge is 0.323 e. The van der Waals surface area contributed by atoms with Crippen molar-refractivity contribution in [2.45, 2.75) is 5.54 Å². The van der Waals surface area contributed by atoms with Crippen LogP contribution >= 0.6 is 0 Å². The summed E-state index contributed by atoms with van der Waals surface area (Å²) in [4.78, 5) is 36.5. The monoisotopic (exact) mass is 249 g/mol. The molecule has 0 aliphatic carbocycles. The highest BCUT2D eigenvalue weighted by Crippen LogP contribution is 2.41. The van der Waals surface area contributed by atoms with E-state index >= 15 is 0 Å². The predicted octanol–water partition coefficient (Wildman–Crippen LogP) is -0.163. The van der Waals surface area contributed by atoms with Crippen molar-refractivity contribution in [3.05, 3.63) is 29.6 Å². The molecule has 0 aromatic heterocycles. The van der Waals surface area contributed by atoms with Crippen LogP contribution in [0.25, 0.3) is 0 Å². The van der Waals surface area contributed by atoms with E-state index in [1.165, 1.54) is 24.1 Å². The van der Waals surface area contributed by atoms with E-state index in [0.717, 1.165) is 6.07 Å². The summed E-state index contributed by atoms with van der Waals surface area (Å²) in [6, 6.07) is 2.91. The van der Waals surface area contributed by atoms with Crippen molar-refractivity contribution >= 4 is 23.5 Å². The zero-order valence-corrected chi connectivity index (χ0v) is 9.28. The molecular weight excluding hydrogens is 241 g/mol. The van der Waals surface area contributed by atoms with E-state index in [4.69, 9.17) is 0 Å². The number of likely N-dealkylation sites (N-methyl/N-ethyl adjacent to an activating group) is 1. The number of fused-ring (bicyclic) bond motifs is 2. The third-order valence-corrected chi connectivity index (χ3v) is 3.22. The summed E-state index contributed by atoms with van der Waals surface area (Å²) in [6.07, 6.45) is 0. The van der Waals surface area contributed by atoms with E-state index < -0.39 is 29.2 Å². The summed E-state index contributed by atoms with van der Waals surface area (Å²) in [5.74, 6) is -1.97. The van der Waals surface area contributed by atoms with E-state index in [0.29, 0.717) is 5.69 Å². The Labute approximate surface area is 101 Å². The first kappa shape index (κ1) is 10.7. The van der Waals surface area contributed by atoms with Gasteiger partial charge in [-0.05, 0) is 18.2 Å². The lowest BCUT2D eigenvalue weighted by atomic mass is 9.91. The molecule has 3 rings (SSSR count). The van der Waals surface area contributed by atoms with Gasteiger partial charge in [-0.1, -0.05) is 0 Å². The van der Waals surface area contributed by atoms with Crippen molar-refractivity contribution in [2.75, 3.05) is 11.9 Å². The number of benzene rings is 1. The molecule has 1 saturated heterocycles. The van der Waals surface area contributed by atoms with E-state index in [9.17, 15) is 18.8 Å². The number of halogens is 1. The van der Waals surface area contributed by atoms with Gasteiger partial charge in [0.1, 0.15) is 5.82 Å². The molecule has 1 atom stereocenters. The molecule has 1 aromatic carbocycles. The fourth-order valence-electron chi connectivity index (χ4n) is 2.37. The summed E-state index contributed by atoms with van der Waals surface area (Å²) in [6.45, 7) is 0. The van der Waals surface area contributed by atoms with Gasteiger partial charge in [0.25, 0.3) is 11.8 Å². The Hall–Kier alpha value is -2.44. The first-order valence-corrected chi connectivity index (χ1v) is 5.18. The Morgan fingerprint density at radius 2 is 2.00 bits per heavy atom. The number of nitrogens with one attached hydrogen (secondary N) is 2. The first-order chi connectivity index (χ1) is 8.46. The second kappa shape index (κ2) is 3.06. The molecule has 1 aromatic rings. The lowest BCUT2D eigenvalue weighted by molar-refractivity contribution is -0.133. The third-order valence-electron chi connectivity index (χ3n) is 3.22. The van der Waals surface area contributed by atoms with Crippen LogP contribution in [0.5, 0.6) is 0 Å². The van der Waals surface area contributed by atoms with Gasteiger partial charge >= 0.3 is 6.03 Å². The van der Waals surface area contributed by atoms with Crippen LogP contribution < -0.4 is 15.5 Å². The van der Waals surface area contributed by atoms with Gasteiger partial charge < -0.3 is 10.2 Å². The highest BCUT2D eigenvalue weighted by Gasteiger charge is 2.60. The zero-order valence-electron chi connectivity index (χ0n) is 9.28. The minimum atomic E-state index is -1.83. The molecule has 1 spiro atoms. The molecular formula is C11H8FN3O3. The quantitative estimate of drug-likeness (QED) is 0.495. The molecule has 2 aliphatic rings. The van der Waals surface area contributed by atoms with E-state index in [1.807, 2.05) is 5.32 Å². The van der Waals surface area contributed by atoms with Crippen LogP contribution in [0.3, 0.4) is 0 Å². The lowest BCUT2D eigenvalue weighted by Gasteiger charge is -2.18. The number of imide groups is 1. The van der Waals surface area contributed by atoms with Gasteiger partial charge in [0.2, 0.25) is 5.54 Å². The Balaban J connectivity index is 2.30. The lowest BCUT2D eigenvalue weighted by Crippen LogP contribution is -2.51. The molecule has 92 valence electrons. The van der Waals surface area contributed by atoms with Crippen molar-refractivity contribution in [1.29, 1.82) is 0 Å². The van der Waals surface area contributed by atoms with E-state index in [-0.39, 0.29) is 5.56 Å². The van der Waals surface area contributed by atoms with Crippen LogP contribution in [0.15, 0.2) is 18.2 Å². The summed E-state index contributed by atoms with van der Waals surface area (Å²) in [7, 11) is 1.46. The van der Waals surface area contributed by atoms with Crippen molar-refractivity contribution in [3.63, 3.8) is 0 Å². The van der Waals surface area contributed by atoms with Crippen molar-refractivity contribution in [2.24, 2.45) is 0 Å². The molecule has 0 saturated carbocycles. The average Bonchev–Trinajstić information content (AvgIpc) is 2.72. The van der Waals surface area contributed by atoms with Gasteiger partial charge in [-0.25, -0.2) is 9.18 Å². The van der Waals surface area contributed by atoms with E-state index in [2.05, 4.69) is 5.32 Å². The van der Waals surface area contributed by atoms with Crippen LogP contribution in [-0.2, 0) is 15.1 Å². The standard InChI is InChI=1S/C11H8FN3O3/c1-15-7-3-2-5(12)4-6(7)11(9(15)17)8(16)13-10(18)14-11/h2-4H,1H3,(H2,13,14,16,18). The predicted molar refractivity (Wildman–Crippen MR) is 58.2 cm³/mol. The maximum Gasteiger partial charge on any atom is 0.323 e. The maximum absolute atomic E-state index is 13.3. The second-order valence-electron chi connectivity index (χ2n) is 4.18. The Morgan fingerprint density at radius 3 is 2.61 bits per heavy atom. The second-order valence-corrected chi connectivity index (χ2v) is 4.18. The summed E-state index contributed by atoms with van der Waals surface area (Å²) >= 11 is 0. The molecule has 1 unspecified atom stereocenters. The summed E-state index contributed by atoms with van der Waals surface area (Å²) in [5, 5.41) is 4.29. The van der Waals surface area contributed by atoms with Gasteiger partial charge in [-0.2, -0.15) is 0 Å². The van der Waals surface area contributed by atoms with Gasteiger partial charge in [-0.15, -0.1) is 0 Å². The zero-order chi connectivity index (χ0) is 13.1. The minimum absolute atomic E-state index is 0.151. The van der Waals surface area contributed by atoms with Gasteiger partial charge in [0.05, 0.1) is 5.69 Å². The molecule has 6 nitrogen and oxygen atoms in total. The number of rotatable bonds is 0. The van der Waals surface area contributed by atoms with E-state index in [1.54, 1.807) is 0 Å². The molecule has 4 amide bonds. The van der Waals surface area contributed by atoms with Crippen LogP contribution in [0.1, 0.15) is 5.56 Å². The molecule has 0 bridgehead atoms. The topological polar surface area (TPSA) is 78.5 Å². The SMILES string of the molecule is CN1C(=O)C2(NC(=O)NC2=O)c2cc(F)ccc21. The van der Waals surface area contributed by atoms with Crippen molar-refractivity contribution in [3.8, 4) is 0 Å². The van der Waals surface area contributed by atoms with Crippen molar-refractivity contribution in [1.82, 2.24) is 10.6 Å². The molecule has 1 fully saturated rings. The Morgan fingerprint density at radius 1 is 1.28 bits per heavy atom. The summed E-state index contributed by atoms with van der Waals surface area (Å²) < 4.78 is 13.3.